The van der Waals surface area contributed by atoms with Crippen LogP contribution < -0.4 is 5.32 Å². The van der Waals surface area contributed by atoms with Crippen LogP contribution in [0.25, 0.3) is 0 Å². The Hall–Kier alpha value is -2.45. The van der Waals surface area contributed by atoms with Crippen molar-refractivity contribution in [3.63, 3.8) is 0 Å². The van der Waals surface area contributed by atoms with Crippen molar-refractivity contribution in [2.45, 2.75) is 44.7 Å². The van der Waals surface area contributed by atoms with Gasteiger partial charge in [-0.3, -0.25) is 24.2 Å². The smallest absolute Gasteiger partial charge is 0.305 e. The van der Waals surface area contributed by atoms with E-state index in [1.807, 2.05) is 0 Å². The van der Waals surface area contributed by atoms with Gasteiger partial charge in [-0.1, -0.05) is 6.92 Å². The van der Waals surface area contributed by atoms with Crippen LogP contribution in [0.2, 0.25) is 0 Å². The molecule has 3 amide bonds. The zero-order valence-electron chi connectivity index (χ0n) is 12.7. The highest BCUT2D eigenvalue weighted by molar-refractivity contribution is 5.95. The summed E-state index contributed by atoms with van der Waals surface area (Å²) < 4.78 is 0. The van der Waals surface area contributed by atoms with Crippen molar-refractivity contribution in [3.8, 4) is 0 Å². The van der Waals surface area contributed by atoms with Crippen molar-refractivity contribution in [1.82, 2.24) is 15.3 Å². The van der Waals surface area contributed by atoms with Crippen molar-refractivity contribution in [3.05, 3.63) is 0 Å². The number of nitrogens with zero attached hydrogens (tertiary/aromatic N) is 2. The predicted molar refractivity (Wildman–Crippen MR) is 75.6 cm³/mol. The van der Waals surface area contributed by atoms with Crippen molar-refractivity contribution in [2.75, 3.05) is 6.54 Å². The maximum atomic E-state index is 12.4. The lowest BCUT2D eigenvalue weighted by molar-refractivity contribution is -0.188. The Morgan fingerprint density at radius 2 is 2.13 bits per heavy atom. The summed E-state index contributed by atoms with van der Waals surface area (Å²) in [6.45, 7) is 1.99. The Balaban J connectivity index is 2.15. The molecule has 2 aliphatic heterocycles. The van der Waals surface area contributed by atoms with E-state index in [2.05, 4.69) is 5.32 Å². The van der Waals surface area contributed by atoms with Gasteiger partial charge in [0.1, 0.15) is 12.3 Å². The molecule has 2 rings (SSSR count). The summed E-state index contributed by atoms with van der Waals surface area (Å²) in [6, 6.07) is -2.07. The molecule has 9 heteroatoms. The highest BCUT2D eigenvalue weighted by Gasteiger charge is 2.45. The Labute approximate surface area is 132 Å². The third kappa shape index (κ3) is 3.49. The molecule has 0 aliphatic carbocycles. The van der Waals surface area contributed by atoms with Crippen LogP contribution in [0, 0.1) is 5.92 Å². The molecule has 2 heterocycles. The van der Waals surface area contributed by atoms with Gasteiger partial charge in [-0.2, -0.15) is 0 Å². The van der Waals surface area contributed by atoms with Crippen LogP contribution in [0.15, 0.2) is 0 Å². The quantitative estimate of drug-likeness (QED) is 0.620. The summed E-state index contributed by atoms with van der Waals surface area (Å²) in [5.74, 6) is -2.88. The first-order chi connectivity index (χ1) is 10.8. The van der Waals surface area contributed by atoms with Crippen LogP contribution >= 0.6 is 0 Å². The monoisotopic (exact) mass is 325 g/mol. The van der Waals surface area contributed by atoms with E-state index < -0.39 is 36.3 Å². The molecule has 0 aromatic rings. The number of nitrogens with one attached hydrogen (secondary N) is 1. The van der Waals surface area contributed by atoms with Crippen LogP contribution in [-0.2, 0) is 24.0 Å². The van der Waals surface area contributed by atoms with Crippen LogP contribution in [0.3, 0.4) is 0 Å². The van der Waals surface area contributed by atoms with E-state index in [-0.39, 0.29) is 18.2 Å². The summed E-state index contributed by atoms with van der Waals surface area (Å²) in [5, 5.41) is 13.5. The average Bonchev–Trinajstić information content (AvgIpc) is 2.50. The largest absolute Gasteiger partial charge is 0.481 e. The molecule has 1 unspecified atom stereocenters. The minimum Gasteiger partial charge on any atom is -0.481 e. The molecular formula is C14H19N3O6. The number of carboxylic acids is 1. The minimum atomic E-state index is -1.22. The normalized spacial score (nSPS) is 25.6. The van der Waals surface area contributed by atoms with Crippen molar-refractivity contribution < 1.29 is 29.1 Å². The predicted octanol–water partition coefficient (Wildman–Crippen LogP) is -1.08. The molecule has 9 nitrogen and oxygen atoms in total. The molecule has 0 saturated carbocycles. The molecule has 0 aromatic heterocycles. The lowest BCUT2D eigenvalue weighted by Gasteiger charge is -2.47. The number of hydrogen-bond acceptors (Lipinski definition) is 5. The summed E-state index contributed by atoms with van der Waals surface area (Å²) >= 11 is 0. The first kappa shape index (κ1) is 16.9. The molecule has 0 aromatic carbocycles. The van der Waals surface area contributed by atoms with E-state index in [0.717, 1.165) is 5.01 Å². The lowest BCUT2D eigenvalue weighted by Crippen LogP contribution is -2.66. The summed E-state index contributed by atoms with van der Waals surface area (Å²) in [7, 11) is 0. The molecule has 0 radical (unpaired) electrons. The molecule has 2 saturated heterocycles. The van der Waals surface area contributed by atoms with E-state index in [0.29, 0.717) is 25.7 Å². The number of carboxylic acid groups (broad SMARTS) is 1. The van der Waals surface area contributed by atoms with Crippen LogP contribution in [-0.4, -0.2) is 63.7 Å². The molecule has 2 aliphatic rings. The van der Waals surface area contributed by atoms with Gasteiger partial charge in [0.05, 0.1) is 12.5 Å². The Bertz CT molecular complexity index is 549. The number of carbonyl (C=O) groups excluding carboxylic acids is 4. The Morgan fingerprint density at radius 3 is 2.74 bits per heavy atom. The first-order valence-electron chi connectivity index (χ1n) is 7.46. The lowest BCUT2D eigenvalue weighted by atomic mass is 9.97. The third-order valence-corrected chi connectivity index (χ3v) is 4.01. The van der Waals surface area contributed by atoms with Gasteiger partial charge in [0.2, 0.25) is 17.7 Å². The Morgan fingerprint density at radius 1 is 1.43 bits per heavy atom. The maximum Gasteiger partial charge on any atom is 0.305 e. The van der Waals surface area contributed by atoms with Crippen molar-refractivity contribution >= 4 is 30.0 Å². The fraction of sp³-hybridized carbons (Fsp3) is 0.643. The second-order valence-electron chi connectivity index (χ2n) is 5.81. The van der Waals surface area contributed by atoms with Crippen molar-refractivity contribution in [2.24, 2.45) is 5.92 Å². The first-order valence-corrected chi connectivity index (χ1v) is 7.46. The SMILES string of the molecule is C[C@H]1CC(=O)N2CCCC(C(=O)N[C@H](C=O)CC(=O)O)N2C1=O. The molecule has 2 N–H and O–H groups in total. The zero-order chi connectivity index (χ0) is 17.1. The molecule has 0 spiro atoms. The number of aliphatic carboxylic acids is 1. The third-order valence-electron chi connectivity index (χ3n) is 4.01. The van der Waals surface area contributed by atoms with Gasteiger partial charge in [-0.05, 0) is 12.8 Å². The number of amides is 3. The second-order valence-corrected chi connectivity index (χ2v) is 5.81. The maximum absolute atomic E-state index is 12.4. The summed E-state index contributed by atoms with van der Waals surface area (Å²) in [5.41, 5.74) is 0. The van der Waals surface area contributed by atoms with Crippen LogP contribution in [0.4, 0.5) is 0 Å². The minimum absolute atomic E-state index is 0.111. The zero-order valence-corrected chi connectivity index (χ0v) is 12.7. The second kappa shape index (κ2) is 6.76. The van der Waals surface area contributed by atoms with Gasteiger partial charge < -0.3 is 15.2 Å². The van der Waals surface area contributed by atoms with E-state index in [1.165, 1.54) is 5.01 Å². The fourth-order valence-corrected chi connectivity index (χ4v) is 2.87. The van der Waals surface area contributed by atoms with Gasteiger partial charge in [0, 0.05) is 18.9 Å². The molecule has 3 atom stereocenters. The van der Waals surface area contributed by atoms with Gasteiger partial charge >= 0.3 is 5.97 Å². The molecule has 23 heavy (non-hydrogen) atoms. The van der Waals surface area contributed by atoms with E-state index in [9.17, 15) is 24.0 Å². The average molecular weight is 325 g/mol. The van der Waals surface area contributed by atoms with E-state index >= 15 is 0 Å². The highest BCUT2D eigenvalue weighted by atomic mass is 16.4. The van der Waals surface area contributed by atoms with Gasteiger partial charge in [-0.25, -0.2) is 5.01 Å². The summed E-state index contributed by atoms with van der Waals surface area (Å²) in [6.07, 6.45) is 0.826. The number of rotatable bonds is 5. The molecule has 2 fully saturated rings. The van der Waals surface area contributed by atoms with E-state index in [1.54, 1.807) is 6.92 Å². The highest BCUT2D eigenvalue weighted by Crippen LogP contribution is 2.27. The standard InChI is InChI=1S/C14H19N3O6/c1-8-5-11(19)16-4-2-3-10(17(16)14(8)23)13(22)15-9(7-18)6-12(20)21/h7-10H,2-6H2,1H3,(H,15,22)(H,20,21)/t8-,9-,10?/m0/s1. The molecular weight excluding hydrogens is 306 g/mol. The fourth-order valence-electron chi connectivity index (χ4n) is 2.87. The number of aldehydes is 1. The van der Waals surface area contributed by atoms with Crippen LogP contribution in [0.5, 0.6) is 0 Å². The number of hydrogen-bond donors (Lipinski definition) is 2. The van der Waals surface area contributed by atoms with Crippen molar-refractivity contribution in [1.29, 1.82) is 0 Å². The van der Waals surface area contributed by atoms with E-state index in [4.69, 9.17) is 5.11 Å². The Kier molecular flexibility index (Phi) is 4.97. The van der Waals surface area contributed by atoms with Gasteiger partial charge in [0.25, 0.3) is 0 Å². The molecule has 126 valence electrons. The number of hydrazine groups is 1. The van der Waals surface area contributed by atoms with Crippen LogP contribution in [0.1, 0.15) is 32.6 Å². The van der Waals surface area contributed by atoms with Gasteiger partial charge in [0.15, 0.2) is 0 Å². The topological polar surface area (TPSA) is 124 Å². The summed E-state index contributed by atoms with van der Waals surface area (Å²) in [4.78, 5) is 58.3. The van der Waals surface area contributed by atoms with Gasteiger partial charge in [-0.15, -0.1) is 0 Å². The number of fused-ring (bicyclic) bond motifs is 1. The molecule has 0 bridgehead atoms. The number of carbonyl (C=O) groups is 5.